The lowest BCUT2D eigenvalue weighted by molar-refractivity contribution is -0.274. The van der Waals surface area contributed by atoms with Gasteiger partial charge in [0.25, 0.3) is 5.89 Å². The van der Waals surface area contributed by atoms with Gasteiger partial charge in [-0.25, -0.2) is 17.5 Å². The highest BCUT2D eigenvalue weighted by molar-refractivity contribution is 7.89. The van der Waals surface area contributed by atoms with Gasteiger partial charge in [-0.15, -0.1) is 13.2 Å². The van der Waals surface area contributed by atoms with Crippen LogP contribution in [0.2, 0.25) is 0 Å². The summed E-state index contributed by atoms with van der Waals surface area (Å²) in [4.78, 5) is 3.67. The molecule has 28 heavy (non-hydrogen) atoms. The van der Waals surface area contributed by atoms with Crippen LogP contribution in [-0.2, 0) is 16.6 Å². The van der Waals surface area contributed by atoms with Crippen molar-refractivity contribution < 1.29 is 35.2 Å². The molecular weight excluding hydrogens is 406 g/mol. The lowest BCUT2D eigenvalue weighted by Crippen LogP contribution is -2.24. The molecule has 0 saturated heterocycles. The maximum atomic E-state index is 13.2. The number of ether oxygens (including phenoxy) is 1. The largest absolute Gasteiger partial charge is 0.573 e. The second kappa shape index (κ2) is 7.56. The molecule has 0 radical (unpaired) electrons. The molecule has 1 heterocycles. The van der Waals surface area contributed by atoms with E-state index in [-0.39, 0.29) is 23.2 Å². The minimum atomic E-state index is -4.88. The highest BCUT2D eigenvalue weighted by atomic mass is 32.2. The summed E-state index contributed by atoms with van der Waals surface area (Å²) in [5, 5.41) is 3.59. The van der Waals surface area contributed by atoms with E-state index >= 15 is 0 Å². The summed E-state index contributed by atoms with van der Waals surface area (Å²) >= 11 is 0. The van der Waals surface area contributed by atoms with E-state index in [0.29, 0.717) is 5.56 Å². The van der Waals surface area contributed by atoms with Crippen LogP contribution >= 0.6 is 0 Å². The van der Waals surface area contributed by atoms with Gasteiger partial charge in [0, 0.05) is 5.56 Å². The molecule has 0 aliphatic carbocycles. The minimum absolute atomic E-state index is 0.00218. The number of rotatable bonds is 6. The van der Waals surface area contributed by atoms with Crippen molar-refractivity contribution in [2.24, 2.45) is 0 Å². The van der Waals surface area contributed by atoms with E-state index < -0.39 is 28.0 Å². The first-order valence-electron chi connectivity index (χ1n) is 7.56. The average molecular weight is 417 g/mol. The first-order valence-corrected chi connectivity index (χ1v) is 9.05. The third kappa shape index (κ3) is 5.04. The summed E-state index contributed by atoms with van der Waals surface area (Å²) in [5.74, 6) is -1.07. The highest BCUT2D eigenvalue weighted by Crippen LogP contribution is 2.24. The molecule has 2 aromatic carbocycles. The van der Waals surface area contributed by atoms with Crippen LogP contribution in [-0.4, -0.2) is 24.9 Å². The summed E-state index contributed by atoms with van der Waals surface area (Å²) < 4.78 is 84.9. The summed E-state index contributed by atoms with van der Waals surface area (Å²) in [6.45, 7) is -0.345. The third-order valence-electron chi connectivity index (χ3n) is 3.33. The van der Waals surface area contributed by atoms with E-state index in [9.17, 15) is 26.0 Å². The van der Waals surface area contributed by atoms with Crippen molar-refractivity contribution in [2.45, 2.75) is 17.8 Å². The van der Waals surface area contributed by atoms with Crippen molar-refractivity contribution in [1.29, 1.82) is 0 Å². The first kappa shape index (κ1) is 19.8. The molecule has 148 valence electrons. The number of halogens is 4. The molecule has 0 atom stereocenters. The predicted molar refractivity (Wildman–Crippen MR) is 86.8 cm³/mol. The van der Waals surface area contributed by atoms with E-state index in [1.165, 1.54) is 24.3 Å². The molecule has 0 fully saturated rings. The second-order valence-electron chi connectivity index (χ2n) is 5.37. The van der Waals surface area contributed by atoms with Gasteiger partial charge in [0.2, 0.25) is 10.0 Å². The lowest BCUT2D eigenvalue weighted by Gasteiger charge is -2.09. The fourth-order valence-electron chi connectivity index (χ4n) is 2.13. The fraction of sp³-hybridized carbons (Fsp3) is 0.125. The van der Waals surface area contributed by atoms with Crippen LogP contribution in [0.3, 0.4) is 0 Å². The first-order chi connectivity index (χ1) is 13.1. The van der Waals surface area contributed by atoms with Crippen LogP contribution in [0, 0.1) is 5.82 Å². The maximum absolute atomic E-state index is 13.2. The second-order valence-corrected chi connectivity index (χ2v) is 7.14. The number of hydrogen-bond donors (Lipinski definition) is 1. The number of aromatic nitrogens is 2. The van der Waals surface area contributed by atoms with Crippen molar-refractivity contribution in [3.8, 4) is 17.2 Å². The van der Waals surface area contributed by atoms with Crippen molar-refractivity contribution >= 4 is 10.0 Å². The van der Waals surface area contributed by atoms with E-state index in [0.717, 1.165) is 24.3 Å². The molecule has 0 saturated carbocycles. The van der Waals surface area contributed by atoms with Gasteiger partial charge >= 0.3 is 6.36 Å². The number of nitrogens with one attached hydrogen (secondary N) is 1. The van der Waals surface area contributed by atoms with Crippen molar-refractivity contribution in [3.63, 3.8) is 0 Å². The Hall–Kier alpha value is -2.99. The summed E-state index contributed by atoms with van der Waals surface area (Å²) in [7, 11) is -4.05. The van der Waals surface area contributed by atoms with Crippen molar-refractivity contribution in [1.82, 2.24) is 14.9 Å². The molecule has 0 bridgehead atoms. The van der Waals surface area contributed by atoms with Crippen LogP contribution in [0.5, 0.6) is 5.75 Å². The van der Waals surface area contributed by atoms with E-state index in [4.69, 9.17) is 4.52 Å². The molecule has 1 N–H and O–H groups in total. The van der Waals surface area contributed by atoms with Gasteiger partial charge in [-0.05, 0) is 42.5 Å². The average Bonchev–Trinajstić information content (AvgIpc) is 3.08. The minimum Gasteiger partial charge on any atom is -0.406 e. The van der Waals surface area contributed by atoms with Crippen molar-refractivity contribution in [2.75, 3.05) is 0 Å². The molecule has 0 spiro atoms. The third-order valence-corrected chi connectivity index (χ3v) is 4.74. The zero-order valence-corrected chi connectivity index (χ0v) is 14.6. The standard InChI is InChI=1S/C16H11F4N3O4S/c17-11-3-1-2-10(8-11)15-22-14(23-27-15)9-21-28(24,25)13-6-4-12(5-7-13)26-16(18,19)20/h1-8,21H,9H2. The SMILES string of the molecule is O=S(=O)(NCc1noc(-c2cccc(F)c2)n1)c1ccc(OC(F)(F)F)cc1. The molecule has 3 aromatic rings. The normalized spacial score (nSPS) is 12.1. The summed E-state index contributed by atoms with van der Waals surface area (Å²) in [6.07, 6.45) is -4.88. The van der Waals surface area contributed by atoms with Crippen LogP contribution < -0.4 is 9.46 Å². The summed E-state index contributed by atoms with van der Waals surface area (Å²) in [6, 6.07) is 9.05. The van der Waals surface area contributed by atoms with Gasteiger partial charge in [0.05, 0.1) is 11.4 Å². The Morgan fingerprint density at radius 1 is 1.11 bits per heavy atom. The Bertz CT molecular complexity index is 1070. The van der Waals surface area contributed by atoms with Crippen LogP contribution in [0.15, 0.2) is 57.9 Å². The lowest BCUT2D eigenvalue weighted by atomic mass is 10.2. The topological polar surface area (TPSA) is 94.3 Å². The van der Waals surface area contributed by atoms with Crippen LogP contribution in [0.25, 0.3) is 11.5 Å². The predicted octanol–water partition coefficient (Wildman–Crippen LogP) is 3.25. The molecule has 0 aliphatic rings. The van der Waals surface area contributed by atoms with Gasteiger partial charge in [0.15, 0.2) is 5.82 Å². The zero-order valence-electron chi connectivity index (χ0n) is 13.8. The molecule has 0 aliphatic heterocycles. The maximum Gasteiger partial charge on any atom is 0.573 e. The summed E-state index contributed by atoms with van der Waals surface area (Å²) in [5.41, 5.74) is 0.321. The number of hydrogen-bond acceptors (Lipinski definition) is 6. The van der Waals surface area contributed by atoms with Gasteiger partial charge in [-0.1, -0.05) is 11.2 Å². The fourth-order valence-corrected chi connectivity index (χ4v) is 3.11. The highest BCUT2D eigenvalue weighted by Gasteiger charge is 2.31. The molecule has 3 rings (SSSR count). The van der Waals surface area contributed by atoms with Crippen LogP contribution in [0.1, 0.15) is 5.82 Å². The Balaban J connectivity index is 1.67. The van der Waals surface area contributed by atoms with E-state index in [1.807, 2.05) is 0 Å². The molecule has 12 heteroatoms. The number of alkyl halides is 3. The number of nitrogens with zero attached hydrogens (tertiary/aromatic N) is 2. The zero-order chi connectivity index (χ0) is 20.4. The Morgan fingerprint density at radius 2 is 1.82 bits per heavy atom. The monoisotopic (exact) mass is 417 g/mol. The van der Waals surface area contributed by atoms with E-state index in [1.54, 1.807) is 0 Å². The molecule has 1 aromatic heterocycles. The Kier molecular flexibility index (Phi) is 5.34. The van der Waals surface area contributed by atoms with Gasteiger partial charge < -0.3 is 9.26 Å². The van der Waals surface area contributed by atoms with E-state index in [2.05, 4.69) is 19.6 Å². The smallest absolute Gasteiger partial charge is 0.406 e. The quantitative estimate of drug-likeness (QED) is 0.619. The van der Waals surface area contributed by atoms with Crippen molar-refractivity contribution in [3.05, 3.63) is 60.2 Å². The van der Waals surface area contributed by atoms with Gasteiger partial charge in [0.1, 0.15) is 11.6 Å². The number of benzene rings is 2. The Labute approximate surface area is 156 Å². The molecular formula is C16H11F4N3O4S. The molecule has 7 nitrogen and oxygen atoms in total. The van der Waals surface area contributed by atoms with Gasteiger partial charge in [-0.3, -0.25) is 0 Å². The molecule has 0 amide bonds. The van der Waals surface area contributed by atoms with Crippen LogP contribution in [0.4, 0.5) is 17.6 Å². The Morgan fingerprint density at radius 3 is 2.46 bits per heavy atom. The molecule has 0 unspecified atom stereocenters. The van der Waals surface area contributed by atoms with Gasteiger partial charge in [-0.2, -0.15) is 4.98 Å². The number of sulfonamides is 1.